The van der Waals surface area contributed by atoms with Crippen LogP contribution in [0.25, 0.3) is 0 Å². The number of alkyl halides is 1. The van der Waals surface area contributed by atoms with Crippen LogP contribution in [0.2, 0.25) is 5.02 Å². The molecule has 2 nitrogen and oxygen atoms in total. The van der Waals surface area contributed by atoms with Gasteiger partial charge in [-0.15, -0.1) is 11.6 Å². The van der Waals surface area contributed by atoms with Gasteiger partial charge in [-0.2, -0.15) is 0 Å². The van der Waals surface area contributed by atoms with Crippen molar-refractivity contribution >= 4 is 29.1 Å². The third-order valence-electron chi connectivity index (χ3n) is 3.54. The van der Waals surface area contributed by atoms with Gasteiger partial charge in [-0.1, -0.05) is 30.5 Å². The molecule has 0 aromatic heterocycles. The van der Waals surface area contributed by atoms with Crippen LogP contribution in [0.3, 0.4) is 0 Å². The van der Waals surface area contributed by atoms with E-state index in [2.05, 4.69) is 5.32 Å². The van der Waals surface area contributed by atoms with Crippen LogP contribution in [0.5, 0.6) is 0 Å². The van der Waals surface area contributed by atoms with Gasteiger partial charge in [-0.3, -0.25) is 4.79 Å². The quantitative estimate of drug-likeness (QED) is 0.840. The number of carbonyl (C=O) groups excluding carboxylic acids is 1. The summed E-state index contributed by atoms with van der Waals surface area (Å²) in [5, 5.41) is 2.80. The molecule has 0 spiro atoms. The Morgan fingerprint density at radius 2 is 2.11 bits per heavy atom. The van der Waals surface area contributed by atoms with Crippen LogP contribution in [0.15, 0.2) is 18.2 Å². The molecule has 1 aromatic carbocycles. The first-order valence-electron chi connectivity index (χ1n) is 6.46. The molecule has 19 heavy (non-hydrogen) atoms. The molecule has 1 amide bonds. The van der Waals surface area contributed by atoms with Crippen LogP contribution in [0, 0.1) is 11.7 Å². The summed E-state index contributed by atoms with van der Waals surface area (Å²) in [6.45, 7) is 0.485. The van der Waals surface area contributed by atoms with Crippen molar-refractivity contribution in [3.63, 3.8) is 0 Å². The summed E-state index contributed by atoms with van der Waals surface area (Å²) in [4.78, 5) is 11.9. The van der Waals surface area contributed by atoms with E-state index < -0.39 is 11.7 Å². The predicted molar refractivity (Wildman–Crippen MR) is 75.3 cm³/mol. The fourth-order valence-electron chi connectivity index (χ4n) is 2.39. The van der Waals surface area contributed by atoms with E-state index in [1.54, 1.807) is 6.07 Å². The van der Waals surface area contributed by atoms with Crippen molar-refractivity contribution in [2.45, 2.75) is 31.1 Å². The molecule has 1 aliphatic carbocycles. The highest BCUT2D eigenvalue weighted by atomic mass is 35.5. The Labute approximate surface area is 122 Å². The summed E-state index contributed by atoms with van der Waals surface area (Å²) in [6.07, 6.45) is 4.26. The first-order valence-corrected chi connectivity index (χ1v) is 7.27. The lowest BCUT2D eigenvalue weighted by Crippen LogP contribution is -2.35. The molecule has 5 heteroatoms. The zero-order chi connectivity index (χ0) is 13.8. The van der Waals surface area contributed by atoms with Crippen molar-refractivity contribution in [2.75, 3.05) is 6.54 Å². The Bertz CT molecular complexity index is 467. The molecule has 1 fully saturated rings. The van der Waals surface area contributed by atoms with Crippen LogP contribution >= 0.6 is 23.2 Å². The Kier molecular flexibility index (Phi) is 5.06. The van der Waals surface area contributed by atoms with Crippen LogP contribution in [0.4, 0.5) is 4.39 Å². The summed E-state index contributed by atoms with van der Waals surface area (Å²) >= 11 is 11.9. The highest BCUT2D eigenvalue weighted by Crippen LogP contribution is 2.28. The molecule has 1 aliphatic rings. The van der Waals surface area contributed by atoms with Gasteiger partial charge in [0, 0.05) is 11.9 Å². The zero-order valence-electron chi connectivity index (χ0n) is 10.5. The number of rotatable bonds is 3. The molecule has 0 saturated heterocycles. The standard InChI is InChI=1S/C14H16Cl2FNO/c15-11-6-2-1-4-9(11)8-18-14(19)10-5-3-7-12(16)13(10)17/h3,5,7,9,11H,1-2,4,6,8H2,(H,18,19). The number of hydrogen-bond donors (Lipinski definition) is 1. The van der Waals surface area contributed by atoms with Gasteiger partial charge >= 0.3 is 0 Å². The van der Waals surface area contributed by atoms with Crippen molar-refractivity contribution in [2.24, 2.45) is 5.92 Å². The summed E-state index contributed by atoms with van der Waals surface area (Å²) in [6, 6.07) is 4.41. The van der Waals surface area contributed by atoms with E-state index in [4.69, 9.17) is 23.2 Å². The summed E-state index contributed by atoms with van der Waals surface area (Å²) in [5.41, 5.74) is -0.0190. The minimum absolute atomic E-state index is 0.0190. The van der Waals surface area contributed by atoms with E-state index in [1.807, 2.05) is 0 Å². The topological polar surface area (TPSA) is 29.1 Å². The molecular formula is C14H16Cl2FNO. The fourth-order valence-corrected chi connectivity index (χ4v) is 2.93. The van der Waals surface area contributed by atoms with Crippen molar-refractivity contribution in [3.8, 4) is 0 Å². The monoisotopic (exact) mass is 303 g/mol. The van der Waals surface area contributed by atoms with Gasteiger partial charge in [0.15, 0.2) is 5.82 Å². The first kappa shape index (κ1) is 14.6. The highest BCUT2D eigenvalue weighted by molar-refractivity contribution is 6.31. The third kappa shape index (κ3) is 3.61. The van der Waals surface area contributed by atoms with E-state index in [1.165, 1.54) is 12.1 Å². The summed E-state index contributed by atoms with van der Waals surface area (Å²) in [5.74, 6) is -0.844. The third-order valence-corrected chi connectivity index (χ3v) is 4.40. The average molecular weight is 304 g/mol. The lowest BCUT2D eigenvalue weighted by molar-refractivity contribution is 0.0940. The molecule has 1 aromatic rings. The summed E-state index contributed by atoms with van der Waals surface area (Å²) < 4.78 is 13.7. The second kappa shape index (κ2) is 6.58. The van der Waals surface area contributed by atoms with Crippen LogP contribution in [-0.2, 0) is 0 Å². The van der Waals surface area contributed by atoms with Gasteiger partial charge in [0.05, 0.1) is 10.6 Å². The maximum Gasteiger partial charge on any atom is 0.254 e. The van der Waals surface area contributed by atoms with E-state index >= 15 is 0 Å². The number of hydrogen-bond acceptors (Lipinski definition) is 1. The van der Waals surface area contributed by atoms with E-state index in [0.29, 0.717) is 6.54 Å². The predicted octanol–water partition coefficient (Wildman–Crippen LogP) is 4.01. The van der Waals surface area contributed by atoms with Crippen molar-refractivity contribution in [3.05, 3.63) is 34.6 Å². The molecule has 0 aliphatic heterocycles. The van der Waals surface area contributed by atoms with E-state index in [-0.39, 0.29) is 21.9 Å². The zero-order valence-corrected chi connectivity index (χ0v) is 12.0. The SMILES string of the molecule is O=C(NCC1CCCCC1Cl)c1cccc(Cl)c1F. The molecule has 1 saturated carbocycles. The second-order valence-corrected chi connectivity index (χ2v) is 5.84. The van der Waals surface area contributed by atoms with E-state index in [0.717, 1.165) is 25.7 Å². The van der Waals surface area contributed by atoms with Crippen molar-refractivity contribution in [1.29, 1.82) is 0 Å². The minimum atomic E-state index is -0.673. The number of amides is 1. The number of nitrogens with one attached hydrogen (secondary N) is 1. The van der Waals surface area contributed by atoms with Gasteiger partial charge < -0.3 is 5.32 Å². The Morgan fingerprint density at radius 3 is 2.84 bits per heavy atom. The molecule has 2 rings (SSSR count). The van der Waals surface area contributed by atoms with Gasteiger partial charge in [0.2, 0.25) is 0 Å². The molecule has 0 bridgehead atoms. The van der Waals surface area contributed by atoms with Crippen LogP contribution < -0.4 is 5.32 Å². The van der Waals surface area contributed by atoms with Crippen LogP contribution in [-0.4, -0.2) is 17.8 Å². The fraction of sp³-hybridized carbons (Fsp3) is 0.500. The number of halogens is 3. The Hall–Kier alpha value is -0.800. The smallest absolute Gasteiger partial charge is 0.254 e. The normalized spacial score (nSPS) is 23.1. The maximum absolute atomic E-state index is 13.7. The number of carbonyl (C=O) groups is 1. The Morgan fingerprint density at radius 1 is 1.37 bits per heavy atom. The molecule has 2 atom stereocenters. The molecular weight excluding hydrogens is 288 g/mol. The second-order valence-electron chi connectivity index (χ2n) is 4.87. The Balaban J connectivity index is 1.95. The molecule has 1 N–H and O–H groups in total. The van der Waals surface area contributed by atoms with E-state index in [9.17, 15) is 9.18 Å². The molecule has 0 heterocycles. The van der Waals surface area contributed by atoms with Gasteiger partial charge in [0.25, 0.3) is 5.91 Å². The van der Waals surface area contributed by atoms with Gasteiger partial charge in [-0.25, -0.2) is 4.39 Å². The average Bonchev–Trinajstić information content (AvgIpc) is 2.40. The minimum Gasteiger partial charge on any atom is -0.352 e. The van der Waals surface area contributed by atoms with Crippen LogP contribution in [0.1, 0.15) is 36.0 Å². The maximum atomic E-state index is 13.7. The molecule has 104 valence electrons. The molecule has 0 radical (unpaired) electrons. The first-order chi connectivity index (χ1) is 9.09. The van der Waals surface area contributed by atoms with Gasteiger partial charge in [0.1, 0.15) is 0 Å². The van der Waals surface area contributed by atoms with Crippen molar-refractivity contribution in [1.82, 2.24) is 5.32 Å². The lowest BCUT2D eigenvalue weighted by Gasteiger charge is -2.27. The van der Waals surface area contributed by atoms with Crippen molar-refractivity contribution < 1.29 is 9.18 Å². The number of benzene rings is 1. The molecule has 2 unspecified atom stereocenters. The largest absolute Gasteiger partial charge is 0.352 e. The lowest BCUT2D eigenvalue weighted by atomic mass is 9.88. The summed E-state index contributed by atoms with van der Waals surface area (Å²) in [7, 11) is 0. The highest BCUT2D eigenvalue weighted by Gasteiger charge is 2.24. The van der Waals surface area contributed by atoms with Gasteiger partial charge in [-0.05, 0) is 30.9 Å².